The lowest BCUT2D eigenvalue weighted by Gasteiger charge is -2.31. The van der Waals surface area contributed by atoms with E-state index in [1.54, 1.807) is 11.3 Å². The Morgan fingerprint density at radius 1 is 0.958 bits per heavy atom. The van der Waals surface area contributed by atoms with E-state index >= 15 is 0 Å². The zero-order valence-corrected chi connectivity index (χ0v) is 15.1. The van der Waals surface area contributed by atoms with Gasteiger partial charge in [-0.05, 0) is 41.4 Å². The highest BCUT2D eigenvalue weighted by atomic mass is 35.5. The molecule has 0 spiro atoms. The molecule has 1 aliphatic heterocycles. The van der Waals surface area contributed by atoms with Crippen LogP contribution in [0.2, 0.25) is 4.34 Å². The summed E-state index contributed by atoms with van der Waals surface area (Å²) in [6, 6.07) is 19.8. The standard InChI is InChI=1S/C20H21ClN2S/c21-19-10-9-18(24-19)20(23-13-4-11-22-12-14-23)17-8-3-6-15-5-1-2-7-16(15)17/h1-3,5-10,20,22H,4,11-14H2. The summed E-state index contributed by atoms with van der Waals surface area (Å²) in [6.45, 7) is 4.31. The fraction of sp³-hybridized carbons (Fsp3) is 0.300. The molecule has 0 amide bonds. The number of hydrogen-bond donors (Lipinski definition) is 1. The maximum absolute atomic E-state index is 6.27. The third-order valence-corrected chi connectivity index (χ3v) is 6.00. The van der Waals surface area contributed by atoms with Crippen LogP contribution in [0.5, 0.6) is 0 Å². The first-order valence-corrected chi connectivity index (χ1v) is 9.70. The molecule has 24 heavy (non-hydrogen) atoms. The average molecular weight is 357 g/mol. The van der Waals surface area contributed by atoms with Crippen LogP contribution in [-0.2, 0) is 0 Å². The third-order valence-electron chi connectivity index (χ3n) is 4.72. The van der Waals surface area contributed by atoms with Crippen molar-refractivity contribution >= 4 is 33.7 Å². The van der Waals surface area contributed by atoms with Gasteiger partial charge in [-0.3, -0.25) is 4.90 Å². The number of fused-ring (bicyclic) bond motifs is 1. The SMILES string of the molecule is Clc1ccc(C(c2cccc3ccccc23)N2CCCNCC2)s1. The highest BCUT2D eigenvalue weighted by Gasteiger charge is 2.25. The first-order valence-electron chi connectivity index (χ1n) is 8.50. The molecule has 0 aliphatic carbocycles. The molecule has 3 aromatic rings. The summed E-state index contributed by atoms with van der Waals surface area (Å²) in [5.41, 5.74) is 1.38. The minimum absolute atomic E-state index is 0.272. The van der Waals surface area contributed by atoms with Crippen molar-refractivity contribution in [3.8, 4) is 0 Å². The van der Waals surface area contributed by atoms with Crippen LogP contribution in [0.25, 0.3) is 10.8 Å². The van der Waals surface area contributed by atoms with E-state index in [4.69, 9.17) is 11.6 Å². The van der Waals surface area contributed by atoms with Crippen LogP contribution in [0.15, 0.2) is 54.6 Å². The summed E-state index contributed by atoms with van der Waals surface area (Å²) in [7, 11) is 0. The zero-order chi connectivity index (χ0) is 16.4. The van der Waals surface area contributed by atoms with Crippen LogP contribution in [0.3, 0.4) is 0 Å². The number of benzene rings is 2. The van der Waals surface area contributed by atoms with Gasteiger partial charge in [-0.15, -0.1) is 11.3 Å². The fourth-order valence-electron chi connectivity index (χ4n) is 3.62. The average Bonchev–Trinajstić information content (AvgIpc) is 2.86. The molecule has 2 aromatic carbocycles. The predicted octanol–water partition coefficient (Wildman–Crippen LogP) is 4.94. The number of hydrogen-bond acceptors (Lipinski definition) is 3. The maximum atomic E-state index is 6.27. The minimum atomic E-state index is 0.272. The highest BCUT2D eigenvalue weighted by Crippen LogP contribution is 2.38. The van der Waals surface area contributed by atoms with Gasteiger partial charge >= 0.3 is 0 Å². The Bertz CT molecular complexity index is 816. The molecule has 4 rings (SSSR count). The van der Waals surface area contributed by atoms with Gasteiger partial charge in [-0.2, -0.15) is 0 Å². The Balaban J connectivity index is 1.84. The topological polar surface area (TPSA) is 15.3 Å². The third kappa shape index (κ3) is 3.22. The van der Waals surface area contributed by atoms with Gasteiger partial charge in [0.25, 0.3) is 0 Å². The van der Waals surface area contributed by atoms with Crippen molar-refractivity contribution in [2.75, 3.05) is 26.2 Å². The van der Waals surface area contributed by atoms with Crippen molar-refractivity contribution in [3.05, 3.63) is 69.4 Å². The number of halogens is 1. The normalized spacial score (nSPS) is 17.7. The van der Waals surface area contributed by atoms with E-state index in [1.165, 1.54) is 27.6 Å². The number of thiophene rings is 1. The molecule has 1 unspecified atom stereocenters. The highest BCUT2D eigenvalue weighted by molar-refractivity contribution is 7.16. The van der Waals surface area contributed by atoms with E-state index in [1.807, 2.05) is 6.07 Å². The van der Waals surface area contributed by atoms with E-state index in [0.717, 1.165) is 30.5 Å². The quantitative estimate of drug-likeness (QED) is 0.715. The number of nitrogens with zero attached hydrogens (tertiary/aromatic N) is 1. The Labute approximate surface area is 152 Å². The van der Waals surface area contributed by atoms with Gasteiger partial charge in [0.15, 0.2) is 0 Å². The second-order valence-corrected chi connectivity index (χ2v) is 8.00. The summed E-state index contributed by atoms with van der Waals surface area (Å²) in [6.07, 6.45) is 1.18. The zero-order valence-electron chi connectivity index (χ0n) is 13.5. The summed E-state index contributed by atoms with van der Waals surface area (Å²) in [5.74, 6) is 0. The lowest BCUT2D eigenvalue weighted by atomic mass is 9.96. The van der Waals surface area contributed by atoms with Gasteiger partial charge in [0, 0.05) is 24.5 Å². The van der Waals surface area contributed by atoms with Crippen LogP contribution in [-0.4, -0.2) is 31.1 Å². The van der Waals surface area contributed by atoms with Crippen LogP contribution < -0.4 is 5.32 Å². The molecule has 0 radical (unpaired) electrons. The van der Waals surface area contributed by atoms with Crippen molar-refractivity contribution in [1.29, 1.82) is 0 Å². The molecule has 124 valence electrons. The number of nitrogens with one attached hydrogen (secondary N) is 1. The smallest absolute Gasteiger partial charge is 0.0931 e. The van der Waals surface area contributed by atoms with E-state index in [0.29, 0.717) is 0 Å². The largest absolute Gasteiger partial charge is 0.315 e. The van der Waals surface area contributed by atoms with Crippen LogP contribution >= 0.6 is 22.9 Å². The molecular formula is C20H21ClN2S. The van der Waals surface area contributed by atoms with Crippen LogP contribution in [0.1, 0.15) is 22.9 Å². The van der Waals surface area contributed by atoms with Crippen molar-refractivity contribution in [2.45, 2.75) is 12.5 Å². The second-order valence-electron chi connectivity index (χ2n) is 6.25. The van der Waals surface area contributed by atoms with Gasteiger partial charge in [0.1, 0.15) is 0 Å². The predicted molar refractivity (Wildman–Crippen MR) is 104 cm³/mol. The number of rotatable bonds is 3. The minimum Gasteiger partial charge on any atom is -0.315 e. The van der Waals surface area contributed by atoms with Crippen LogP contribution in [0.4, 0.5) is 0 Å². The molecular weight excluding hydrogens is 336 g/mol. The maximum Gasteiger partial charge on any atom is 0.0931 e. The van der Waals surface area contributed by atoms with E-state index in [-0.39, 0.29) is 6.04 Å². The summed E-state index contributed by atoms with van der Waals surface area (Å²) < 4.78 is 0.864. The molecule has 1 aromatic heterocycles. The Hall–Kier alpha value is -1.39. The lowest BCUT2D eigenvalue weighted by Crippen LogP contribution is -2.32. The summed E-state index contributed by atoms with van der Waals surface area (Å²) in [5, 5.41) is 6.15. The molecule has 4 heteroatoms. The van der Waals surface area contributed by atoms with Crippen molar-refractivity contribution < 1.29 is 0 Å². The van der Waals surface area contributed by atoms with Crippen molar-refractivity contribution in [3.63, 3.8) is 0 Å². The van der Waals surface area contributed by atoms with Gasteiger partial charge in [0.2, 0.25) is 0 Å². The molecule has 1 atom stereocenters. The molecule has 0 bridgehead atoms. The molecule has 1 saturated heterocycles. The monoisotopic (exact) mass is 356 g/mol. The van der Waals surface area contributed by atoms with Crippen LogP contribution in [0, 0.1) is 0 Å². The van der Waals surface area contributed by atoms with E-state index < -0.39 is 0 Å². The first-order chi connectivity index (χ1) is 11.8. The molecule has 1 N–H and O–H groups in total. The van der Waals surface area contributed by atoms with E-state index in [9.17, 15) is 0 Å². The van der Waals surface area contributed by atoms with Crippen molar-refractivity contribution in [1.82, 2.24) is 10.2 Å². The summed E-state index contributed by atoms with van der Waals surface area (Å²) in [4.78, 5) is 3.93. The Morgan fingerprint density at radius 3 is 2.71 bits per heavy atom. The Kier molecular flexibility index (Phi) is 4.86. The van der Waals surface area contributed by atoms with Gasteiger partial charge in [-0.25, -0.2) is 0 Å². The van der Waals surface area contributed by atoms with Gasteiger partial charge in [-0.1, -0.05) is 54.1 Å². The molecule has 2 heterocycles. The second kappa shape index (κ2) is 7.24. The first kappa shape index (κ1) is 16.1. The molecule has 1 fully saturated rings. The molecule has 0 saturated carbocycles. The summed E-state index contributed by atoms with van der Waals surface area (Å²) >= 11 is 7.97. The van der Waals surface area contributed by atoms with Gasteiger partial charge in [0.05, 0.1) is 10.4 Å². The van der Waals surface area contributed by atoms with E-state index in [2.05, 4.69) is 58.7 Å². The molecule has 1 aliphatic rings. The van der Waals surface area contributed by atoms with Crippen molar-refractivity contribution in [2.24, 2.45) is 0 Å². The molecule has 2 nitrogen and oxygen atoms in total. The lowest BCUT2D eigenvalue weighted by molar-refractivity contribution is 0.245. The van der Waals surface area contributed by atoms with Gasteiger partial charge < -0.3 is 5.32 Å². The fourth-order valence-corrected chi connectivity index (χ4v) is 4.83. The Morgan fingerprint density at radius 2 is 1.83 bits per heavy atom.